The number of aldehydes is 1. The fourth-order valence-electron chi connectivity index (χ4n) is 1.07. The monoisotopic (exact) mass is 312 g/mol. The van der Waals surface area contributed by atoms with Crippen LogP contribution < -0.4 is 8.92 Å². The SMILES string of the molecule is COc1cc(C=O)ccc1OS(=O)(=O)OP(=O)(O)O. The van der Waals surface area contributed by atoms with E-state index < -0.39 is 18.2 Å². The fourth-order valence-corrected chi connectivity index (χ4v) is 2.50. The van der Waals surface area contributed by atoms with Gasteiger partial charge < -0.3 is 18.7 Å². The number of rotatable bonds is 6. The third-order valence-corrected chi connectivity index (χ3v) is 3.59. The average Bonchev–Trinajstić information content (AvgIpc) is 2.25. The second-order valence-corrected chi connectivity index (χ2v) is 5.65. The average molecular weight is 312 g/mol. The molecular weight excluding hydrogens is 303 g/mol. The Morgan fingerprint density at radius 1 is 1.26 bits per heavy atom. The highest BCUT2D eigenvalue weighted by Gasteiger charge is 2.28. The standard InChI is InChI=1S/C8H9O9PS/c1-15-8-4-6(5-9)2-3-7(8)16-19(13,14)17-18(10,11)12/h2-5H,1H3,(H2,10,11,12). The maximum absolute atomic E-state index is 11.2. The minimum absolute atomic E-state index is 0.123. The lowest BCUT2D eigenvalue weighted by molar-refractivity contribution is 0.112. The number of phosphoric acid groups is 1. The number of hydrogen-bond donors (Lipinski definition) is 2. The zero-order valence-electron chi connectivity index (χ0n) is 9.42. The number of benzene rings is 1. The van der Waals surface area contributed by atoms with E-state index in [9.17, 15) is 17.8 Å². The Labute approximate surface area is 108 Å². The molecule has 1 aromatic carbocycles. The molecule has 0 amide bonds. The molecule has 0 unspecified atom stereocenters. The molecule has 0 spiro atoms. The third kappa shape index (κ3) is 4.97. The molecule has 9 nitrogen and oxygen atoms in total. The summed E-state index contributed by atoms with van der Waals surface area (Å²) in [6, 6.07) is 3.47. The zero-order valence-corrected chi connectivity index (χ0v) is 11.1. The minimum atomic E-state index is -5.27. The second-order valence-electron chi connectivity index (χ2n) is 3.08. The summed E-state index contributed by atoms with van der Waals surface area (Å²) in [6.07, 6.45) is 0.493. The summed E-state index contributed by atoms with van der Waals surface area (Å²) >= 11 is 0. The minimum Gasteiger partial charge on any atom is -0.493 e. The highest BCUT2D eigenvalue weighted by atomic mass is 32.3. The first-order chi connectivity index (χ1) is 8.67. The Morgan fingerprint density at radius 2 is 1.89 bits per heavy atom. The van der Waals surface area contributed by atoms with Gasteiger partial charge in [0.05, 0.1) is 7.11 Å². The first-order valence-electron chi connectivity index (χ1n) is 4.51. The van der Waals surface area contributed by atoms with Gasteiger partial charge in [0.25, 0.3) is 0 Å². The van der Waals surface area contributed by atoms with Gasteiger partial charge in [-0.05, 0) is 18.2 Å². The summed E-state index contributed by atoms with van der Waals surface area (Å²) in [5, 5.41) is 0. The van der Waals surface area contributed by atoms with E-state index in [0.717, 1.165) is 6.07 Å². The summed E-state index contributed by atoms with van der Waals surface area (Å²) < 4.78 is 45.3. The van der Waals surface area contributed by atoms with E-state index >= 15 is 0 Å². The van der Waals surface area contributed by atoms with Crippen LogP contribution in [0.15, 0.2) is 18.2 Å². The smallest absolute Gasteiger partial charge is 0.486 e. The van der Waals surface area contributed by atoms with Crippen LogP contribution in [0.4, 0.5) is 0 Å². The van der Waals surface area contributed by atoms with Crippen LogP contribution in [0, 0.1) is 0 Å². The first-order valence-corrected chi connectivity index (χ1v) is 7.37. The largest absolute Gasteiger partial charge is 0.493 e. The van der Waals surface area contributed by atoms with Gasteiger partial charge in [-0.25, -0.2) is 4.57 Å². The number of hydrogen-bond acceptors (Lipinski definition) is 7. The molecule has 0 aliphatic rings. The van der Waals surface area contributed by atoms with Gasteiger partial charge in [-0.3, -0.25) is 4.79 Å². The van der Waals surface area contributed by atoms with Crippen molar-refractivity contribution in [1.29, 1.82) is 0 Å². The van der Waals surface area contributed by atoms with Gasteiger partial charge in [0, 0.05) is 5.56 Å². The molecule has 106 valence electrons. The van der Waals surface area contributed by atoms with Crippen LogP contribution in [0.2, 0.25) is 0 Å². The van der Waals surface area contributed by atoms with Gasteiger partial charge in [0.1, 0.15) is 6.29 Å². The Kier molecular flexibility index (Phi) is 4.66. The van der Waals surface area contributed by atoms with Gasteiger partial charge in [0.15, 0.2) is 11.5 Å². The van der Waals surface area contributed by atoms with Crippen molar-refractivity contribution < 1.29 is 40.5 Å². The Bertz CT molecular complexity index is 617. The molecule has 0 saturated carbocycles. The molecule has 11 heteroatoms. The lowest BCUT2D eigenvalue weighted by atomic mass is 10.2. The number of carbonyl (C=O) groups is 1. The molecule has 0 aliphatic carbocycles. The number of ether oxygens (including phenoxy) is 1. The van der Waals surface area contributed by atoms with Crippen LogP contribution in [-0.4, -0.2) is 31.6 Å². The van der Waals surface area contributed by atoms with E-state index in [0.29, 0.717) is 6.29 Å². The van der Waals surface area contributed by atoms with Crippen molar-refractivity contribution in [2.24, 2.45) is 0 Å². The lowest BCUT2D eigenvalue weighted by Gasteiger charge is -2.10. The second kappa shape index (κ2) is 5.68. The maximum atomic E-state index is 11.2. The van der Waals surface area contributed by atoms with Crippen LogP contribution >= 0.6 is 7.82 Å². The molecule has 0 aliphatic heterocycles. The van der Waals surface area contributed by atoms with Gasteiger partial charge in [-0.15, -0.1) is 3.97 Å². The molecule has 2 N–H and O–H groups in total. The van der Waals surface area contributed by atoms with Crippen LogP contribution in [0.5, 0.6) is 11.5 Å². The maximum Gasteiger partial charge on any atom is 0.486 e. The van der Waals surface area contributed by atoms with Gasteiger partial charge in [-0.1, -0.05) is 0 Å². The molecule has 0 atom stereocenters. The molecule has 0 heterocycles. The summed E-state index contributed by atoms with van der Waals surface area (Å²) in [4.78, 5) is 27.3. The Hall–Kier alpha value is -1.45. The van der Waals surface area contributed by atoms with E-state index in [1.54, 1.807) is 0 Å². The highest BCUT2D eigenvalue weighted by molar-refractivity contribution is 7.86. The van der Waals surface area contributed by atoms with Crippen LogP contribution in [0.25, 0.3) is 0 Å². The lowest BCUT2D eigenvalue weighted by Crippen LogP contribution is -2.12. The predicted molar refractivity (Wildman–Crippen MR) is 61.1 cm³/mol. The fraction of sp³-hybridized carbons (Fsp3) is 0.125. The number of methoxy groups -OCH3 is 1. The van der Waals surface area contributed by atoms with Gasteiger partial charge in [-0.2, -0.15) is 8.42 Å². The van der Waals surface area contributed by atoms with Crippen molar-refractivity contribution >= 4 is 24.5 Å². The third-order valence-electron chi connectivity index (χ3n) is 1.70. The Balaban J connectivity index is 3.06. The van der Waals surface area contributed by atoms with Crippen molar-refractivity contribution in [3.05, 3.63) is 23.8 Å². The summed E-state index contributed by atoms with van der Waals surface area (Å²) in [6.45, 7) is 0. The van der Waals surface area contributed by atoms with E-state index in [1.807, 2.05) is 0 Å². The summed E-state index contributed by atoms with van der Waals surface area (Å²) in [5.74, 6) is -0.510. The molecule has 0 aromatic heterocycles. The molecular formula is C8H9O9PS. The van der Waals surface area contributed by atoms with Gasteiger partial charge >= 0.3 is 18.2 Å². The highest BCUT2D eigenvalue weighted by Crippen LogP contribution is 2.39. The van der Waals surface area contributed by atoms with Crippen molar-refractivity contribution in [2.75, 3.05) is 7.11 Å². The van der Waals surface area contributed by atoms with Crippen LogP contribution in [0.1, 0.15) is 10.4 Å². The van der Waals surface area contributed by atoms with E-state index in [-0.39, 0.29) is 17.1 Å². The van der Waals surface area contributed by atoms with E-state index in [2.05, 4.69) is 8.15 Å². The quantitative estimate of drug-likeness (QED) is 0.559. The molecule has 0 bridgehead atoms. The number of carbonyl (C=O) groups excluding carboxylic acids is 1. The summed E-state index contributed by atoms with van der Waals surface area (Å²) in [5.41, 5.74) is 0.192. The van der Waals surface area contributed by atoms with Crippen LogP contribution in [-0.2, 0) is 18.9 Å². The summed E-state index contributed by atoms with van der Waals surface area (Å²) in [7, 11) is -9.06. The normalized spacial score (nSPS) is 11.9. The van der Waals surface area contributed by atoms with Crippen molar-refractivity contribution in [2.45, 2.75) is 0 Å². The molecule has 0 saturated heterocycles. The van der Waals surface area contributed by atoms with Crippen molar-refractivity contribution in [3.63, 3.8) is 0 Å². The predicted octanol–water partition coefficient (Wildman–Crippen LogP) is 0.241. The van der Waals surface area contributed by atoms with Crippen LogP contribution in [0.3, 0.4) is 0 Å². The van der Waals surface area contributed by atoms with Gasteiger partial charge in [0.2, 0.25) is 0 Å². The van der Waals surface area contributed by atoms with E-state index in [4.69, 9.17) is 14.5 Å². The molecule has 0 radical (unpaired) electrons. The zero-order chi connectivity index (χ0) is 14.7. The molecule has 19 heavy (non-hydrogen) atoms. The molecule has 0 fully saturated rings. The Morgan fingerprint density at radius 3 is 2.37 bits per heavy atom. The first kappa shape index (κ1) is 15.6. The topological polar surface area (TPSA) is 136 Å². The molecule has 1 aromatic rings. The van der Waals surface area contributed by atoms with E-state index in [1.165, 1.54) is 19.2 Å². The van der Waals surface area contributed by atoms with Crippen molar-refractivity contribution in [3.8, 4) is 11.5 Å². The molecule has 1 rings (SSSR count). The van der Waals surface area contributed by atoms with Crippen molar-refractivity contribution in [1.82, 2.24) is 0 Å².